The van der Waals surface area contributed by atoms with Crippen LogP contribution in [0, 0.1) is 0 Å². The molecule has 0 atom stereocenters. The maximum absolute atomic E-state index is 12.0. The van der Waals surface area contributed by atoms with Crippen molar-refractivity contribution in [1.82, 2.24) is 0 Å². The zero-order chi connectivity index (χ0) is 11.1. The lowest BCUT2D eigenvalue weighted by Gasteiger charge is -2.11. The van der Waals surface area contributed by atoms with Crippen LogP contribution in [0.3, 0.4) is 0 Å². The van der Waals surface area contributed by atoms with Gasteiger partial charge in [0.2, 0.25) is 0 Å². The smallest absolute Gasteiger partial charge is 0.305 e. The number of allylic oxidation sites excluding steroid dienone is 1. The predicted molar refractivity (Wildman–Crippen MR) is 60.9 cm³/mol. The molecule has 0 spiro atoms. The molecule has 0 aromatic rings. The van der Waals surface area contributed by atoms with Crippen LogP contribution >= 0.6 is 7.60 Å². The molecule has 1 rings (SSSR count). The van der Waals surface area contributed by atoms with Crippen molar-refractivity contribution in [3.05, 3.63) is 17.1 Å². The highest BCUT2D eigenvalue weighted by Crippen LogP contribution is 2.49. The standard InChI is InChI=1S/C11H19O3P/c1-3-13-15(12,14-4-2)10-9-11-7-5-6-8-11/h10H,3-8H2,1-2H3. The van der Waals surface area contributed by atoms with E-state index >= 15 is 0 Å². The predicted octanol–water partition coefficient (Wildman–Crippen LogP) is 3.87. The van der Waals surface area contributed by atoms with E-state index < -0.39 is 7.60 Å². The third kappa shape index (κ3) is 4.36. The highest BCUT2D eigenvalue weighted by molar-refractivity contribution is 7.57. The van der Waals surface area contributed by atoms with Gasteiger partial charge in [0.05, 0.1) is 19.0 Å². The second-order valence-corrected chi connectivity index (χ2v) is 5.31. The Labute approximate surface area is 91.7 Å². The van der Waals surface area contributed by atoms with Crippen molar-refractivity contribution in [2.45, 2.75) is 39.5 Å². The molecule has 0 N–H and O–H groups in total. The Kier molecular flexibility index (Phi) is 5.35. The maximum atomic E-state index is 12.0. The summed E-state index contributed by atoms with van der Waals surface area (Å²) in [6, 6.07) is 0. The van der Waals surface area contributed by atoms with Crippen LogP contribution in [-0.4, -0.2) is 13.2 Å². The second-order valence-electron chi connectivity index (χ2n) is 3.46. The minimum absolute atomic E-state index is 0.394. The first-order chi connectivity index (χ1) is 7.20. The Morgan fingerprint density at radius 1 is 1.27 bits per heavy atom. The number of rotatable bonds is 5. The normalized spacial score (nSPS) is 16.5. The lowest BCUT2D eigenvalue weighted by molar-refractivity contribution is 0.229. The summed E-state index contributed by atoms with van der Waals surface area (Å²) < 4.78 is 22.3. The van der Waals surface area contributed by atoms with E-state index in [0.29, 0.717) is 13.2 Å². The molecule has 0 radical (unpaired) electrons. The van der Waals surface area contributed by atoms with Gasteiger partial charge in [0.1, 0.15) is 0 Å². The van der Waals surface area contributed by atoms with Crippen molar-refractivity contribution in [3.63, 3.8) is 0 Å². The van der Waals surface area contributed by atoms with Gasteiger partial charge in [-0.25, -0.2) is 0 Å². The van der Waals surface area contributed by atoms with Crippen molar-refractivity contribution >= 4 is 7.60 Å². The van der Waals surface area contributed by atoms with Crippen molar-refractivity contribution in [2.24, 2.45) is 0 Å². The van der Waals surface area contributed by atoms with E-state index in [1.165, 1.54) is 24.2 Å². The Balaban J connectivity index is 2.72. The van der Waals surface area contributed by atoms with Crippen molar-refractivity contribution in [3.8, 4) is 0 Å². The molecule has 1 aliphatic carbocycles. The molecule has 0 aromatic heterocycles. The van der Waals surface area contributed by atoms with E-state index in [2.05, 4.69) is 5.73 Å². The lowest BCUT2D eigenvalue weighted by Crippen LogP contribution is -1.92. The fraction of sp³-hybridized carbons (Fsp3) is 0.727. The maximum Gasteiger partial charge on any atom is 0.361 e. The summed E-state index contributed by atoms with van der Waals surface area (Å²) in [6.45, 7) is 4.40. The van der Waals surface area contributed by atoms with Gasteiger partial charge < -0.3 is 9.05 Å². The molecule has 4 heteroatoms. The van der Waals surface area contributed by atoms with Crippen LogP contribution in [-0.2, 0) is 13.6 Å². The average Bonchev–Trinajstić information content (AvgIpc) is 2.68. The zero-order valence-corrected chi connectivity index (χ0v) is 10.4. The number of hydrogen-bond donors (Lipinski definition) is 0. The molecular weight excluding hydrogens is 211 g/mol. The quantitative estimate of drug-likeness (QED) is 0.531. The van der Waals surface area contributed by atoms with Gasteiger partial charge in [-0.1, -0.05) is 0 Å². The molecule has 0 amide bonds. The van der Waals surface area contributed by atoms with Crippen LogP contribution in [0.25, 0.3) is 0 Å². The molecule has 0 saturated heterocycles. The highest BCUT2D eigenvalue weighted by Gasteiger charge is 2.19. The van der Waals surface area contributed by atoms with Crippen LogP contribution in [0.1, 0.15) is 39.5 Å². The van der Waals surface area contributed by atoms with E-state index in [9.17, 15) is 4.57 Å². The second kappa shape index (κ2) is 6.30. The molecule has 86 valence electrons. The van der Waals surface area contributed by atoms with E-state index in [-0.39, 0.29) is 0 Å². The molecular formula is C11H19O3P. The van der Waals surface area contributed by atoms with E-state index in [1.807, 2.05) is 13.8 Å². The van der Waals surface area contributed by atoms with Crippen LogP contribution in [0.5, 0.6) is 0 Å². The Morgan fingerprint density at radius 3 is 2.27 bits per heavy atom. The minimum atomic E-state index is -3.03. The lowest BCUT2D eigenvalue weighted by atomic mass is 10.2. The van der Waals surface area contributed by atoms with Gasteiger partial charge in [-0.15, -0.1) is 5.73 Å². The molecule has 0 aromatic carbocycles. The molecule has 1 fully saturated rings. The third-order valence-corrected chi connectivity index (χ3v) is 3.93. The largest absolute Gasteiger partial charge is 0.361 e. The summed E-state index contributed by atoms with van der Waals surface area (Å²) in [7, 11) is -3.03. The van der Waals surface area contributed by atoms with Gasteiger partial charge in [-0.3, -0.25) is 4.57 Å². The monoisotopic (exact) mass is 230 g/mol. The average molecular weight is 230 g/mol. The van der Waals surface area contributed by atoms with Gasteiger partial charge >= 0.3 is 7.60 Å². The Bertz CT molecular complexity index is 285. The van der Waals surface area contributed by atoms with Gasteiger partial charge in [0, 0.05) is 0 Å². The summed E-state index contributed by atoms with van der Waals surface area (Å²) in [5.74, 6) is 1.49. The van der Waals surface area contributed by atoms with Crippen molar-refractivity contribution < 1.29 is 13.6 Å². The molecule has 0 heterocycles. The summed E-state index contributed by atoms with van der Waals surface area (Å²) in [5, 5.41) is 0. The molecule has 1 saturated carbocycles. The summed E-state index contributed by atoms with van der Waals surface area (Å²) in [4.78, 5) is 0. The Hall–Kier alpha value is -0.330. The molecule has 15 heavy (non-hydrogen) atoms. The van der Waals surface area contributed by atoms with Gasteiger partial charge in [0.15, 0.2) is 0 Å². The van der Waals surface area contributed by atoms with E-state index in [0.717, 1.165) is 12.8 Å². The van der Waals surface area contributed by atoms with Crippen LogP contribution < -0.4 is 0 Å². The minimum Gasteiger partial charge on any atom is -0.305 e. The van der Waals surface area contributed by atoms with Gasteiger partial charge in [-0.2, -0.15) is 0 Å². The fourth-order valence-electron chi connectivity index (χ4n) is 1.59. The highest BCUT2D eigenvalue weighted by atomic mass is 31.2. The first kappa shape index (κ1) is 12.7. The molecule has 0 bridgehead atoms. The van der Waals surface area contributed by atoms with E-state index in [1.54, 1.807) is 0 Å². The van der Waals surface area contributed by atoms with E-state index in [4.69, 9.17) is 9.05 Å². The molecule has 0 aliphatic heterocycles. The fourth-order valence-corrected chi connectivity index (χ4v) is 2.87. The summed E-state index contributed by atoms with van der Waals surface area (Å²) >= 11 is 0. The van der Waals surface area contributed by atoms with Crippen molar-refractivity contribution in [2.75, 3.05) is 13.2 Å². The first-order valence-corrected chi connectivity index (χ1v) is 7.16. The third-order valence-electron chi connectivity index (χ3n) is 2.25. The van der Waals surface area contributed by atoms with Crippen LogP contribution in [0.15, 0.2) is 17.1 Å². The van der Waals surface area contributed by atoms with Crippen LogP contribution in [0.2, 0.25) is 0 Å². The summed E-state index contributed by atoms with van der Waals surface area (Å²) in [6.07, 6.45) is 4.55. The van der Waals surface area contributed by atoms with Crippen molar-refractivity contribution in [1.29, 1.82) is 0 Å². The molecule has 3 nitrogen and oxygen atoms in total. The molecule has 1 aliphatic rings. The summed E-state index contributed by atoms with van der Waals surface area (Å²) in [5.41, 5.74) is 4.30. The van der Waals surface area contributed by atoms with Gasteiger partial charge in [0.25, 0.3) is 0 Å². The Morgan fingerprint density at radius 2 is 1.80 bits per heavy atom. The zero-order valence-electron chi connectivity index (χ0n) is 9.49. The van der Waals surface area contributed by atoms with Crippen LogP contribution in [0.4, 0.5) is 0 Å². The topological polar surface area (TPSA) is 35.5 Å². The molecule has 0 unspecified atom stereocenters. The first-order valence-electron chi connectivity index (χ1n) is 5.54. The SMILES string of the molecule is CCOP(=O)(C=C=C1CCCC1)OCC. The number of hydrogen-bond acceptors (Lipinski definition) is 3. The van der Waals surface area contributed by atoms with Gasteiger partial charge in [-0.05, 0) is 45.1 Å².